The van der Waals surface area contributed by atoms with Gasteiger partial charge in [0.2, 0.25) is 0 Å². The van der Waals surface area contributed by atoms with E-state index in [0.29, 0.717) is 47.2 Å². The summed E-state index contributed by atoms with van der Waals surface area (Å²) >= 11 is 0. The number of nitrogen functional groups attached to an aromatic ring is 1. The van der Waals surface area contributed by atoms with Crippen LogP contribution >= 0.6 is 0 Å². The van der Waals surface area contributed by atoms with Crippen LogP contribution < -0.4 is 31.4 Å². The summed E-state index contributed by atoms with van der Waals surface area (Å²) in [5.41, 5.74) is 8.65. The maximum Gasteiger partial charge on any atom is 0.323 e. The highest BCUT2D eigenvalue weighted by Crippen LogP contribution is 2.36. The van der Waals surface area contributed by atoms with Gasteiger partial charge in [-0.25, -0.2) is 4.79 Å². The molecule has 4 aromatic rings. The molecule has 2 aromatic carbocycles. The van der Waals surface area contributed by atoms with Gasteiger partial charge in [-0.05, 0) is 48.9 Å². The number of pyridine rings is 2. The topological polar surface area (TPSA) is 120 Å². The molecule has 38 heavy (non-hydrogen) atoms. The van der Waals surface area contributed by atoms with Crippen molar-refractivity contribution in [2.24, 2.45) is 0 Å². The van der Waals surface area contributed by atoms with Gasteiger partial charge in [0.25, 0.3) is 5.56 Å². The number of methoxy groups -OCH3 is 1. The van der Waals surface area contributed by atoms with Crippen LogP contribution in [0.5, 0.6) is 11.5 Å². The Morgan fingerprint density at radius 3 is 2.63 bits per heavy atom. The number of anilines is 3. The molecule has 0 aliphatic heterocycles. The fourth-order valence-electron chi connectivity index (χ4n) is 3.94. The van der Waals surface area contributed by atoms with Crippen LogP contribution in [0.15, 0.2) is 84.0 Å². The van der Waals surface area contributed by atoms with Crippen molar-refractivity contribution in [2.75, 3.05) is 23.5 Å². The molecule has 9 nitrogen and oxygen atoms in total. The Morgan fingerprint density at radius 2 is 1.89 bits per heavy atom. The Labute approximate surface area is 221 Å². The third-order valence-electron chi connectivity index (χ3n) is 5.95. The number of para-hydroxylation sites is 2. The molecule has 0 aliphatic rings. The van der Waals surface area contributed by atoms with Crippen molar-refractivity contribution in [1.82, 2.24) is 9.55 Å². The second-order valence-corrected chi connectivity index (χ2v) is 8.63. The number of nitrogens with one attached hydrogen (secondary N) is 2. The number of carbonyl (C=O) groups is 1. The molecule has 9 heteroatoms. The van der Waals surface area contributed by atoms with Gasteiger partial charge in [-0.1, -0.05) is 31.5 Å². The first-order valence-corrected chi connectivity index (χ1v) is 12.4. The maximum atomic E-state index is 13.5. The van der Waals surface area contributed by atoms with E-state index in [4.69, 9.17) is 15.2 Å². The highest BCUT2D eigenvalue weighted by atomic mass is 16.5. The number of carbonyl (C=O) groups excluding carboxylic acids is 1. The number of aromatic nitrogens is 2. The van der Waals surface area contributed by atoms with Crippen molar-refractivity contribution >= 4 is 23.1 Å². The lowest BCUT2D eigenvalue weighted by Crippen LogP contribution is -2.29. The highest BCUT2D eigenvalue weighted by Gasteiger charge is 2.19. The maximum absolute atomic E-state index is 13.5. The van der Waals surface area contributed by atoms with E-state index in [0.717, 1.165) is 18.4 Å². The number of hydrogen-bond acceptors (Lipinski definition) is 6. The molecular formula is C29H31N5O4. The molecule has 4 N–H and O–H groups in total. The molecule has 0 aliphatic carbocycles. The zero-order valence-electron chi connectivity index (χ0n) is 21.4. The van der Waals surface area contributed by atoms with Crippen LogP contribution in [0.2, 0.25) is 0 Å². The lowest BCUT2D eigenvalue weighted by atomic mass is 10.0. The van der Waals surface area contributed by atoms with Crippen LogP contribution in [-0.4, -0.2) is 22.7 Å². The van der Waals surface area contributed by atoms with Crippen molar-refractivity contribution in [1.29, 1.82) is 0 Å². The average Bonchev–Trinajstić information content (AvgIpc) is 2.94. The van der Waals surface area contributed by atoms with Crippen LogP contribution in [0.25, 0.3) is 11.1 Å². The van der Waals surface area contributed by atoms with E-state index < -0.39 is 6.03 Å². The van der Waals surface area contributed by atoms with Gasteiger partial charge in [-0.15, -0.1) is 0 Å². The summed E-state index contributed by atoms with van der Waals surface area (Å²) in [7, 11) is 1.55. The summed E-state index contributed by atoms with van der Waals surface area (Å²) in [5.74, 6) is 1.10. The first-order valence-electron chi connectivity index (χ1n) is 12.4. The van der Waals surface area contributed by atoms with Gasteiger partial charge in [-0.2, -0.15) is 0 Å². The van der Waals surface area contributed by atoms with Gasteiger partial charge in [0.1, 0.15) is 23.8 Å². The number of ether oxygens (including phenoxy) is 2. The SMILES string of the molecule is CCCCn1ccc(-c2cc(OCc3cccnc3)ccc2OC)c(NC(=O)Nc2ccccc2N)c1=O. The third-order valence-corrected chi connectivity index (χ3v) is 5.95. The van der Waals surface area contributed by atoms with Gasteiger partial charge in [0.05, 0.1) is 18.5 Å². The largest absolute Gasteiger partial charge is 0.496 e. The number of nitrogens with two attached hydrogens (primary N) is 1. The molecule has 2 heterocycles. The second kappa shape index (κ2) is 12.4. The average molecular weight is 514 g/mol. The minimum atomic E-state index is -0.586. The zero-order chi connectivity index (χ0) is 26.9. The number of urea groups is 1. The molecule has 0 saturated carbocycles. The van der Waals surface area contributed by atoms with E-state index in [2.05, 4.69) is 22.5 Å². The molecule has 0 atom stereocenters. The van der Waals surface area contributed by atoms with Gasteiger partial charge in [0, 0.05) is 41.8 Å². The van der Waals surface area contributed by atoms with Crippen LogP contribution in [0.3, 0.4) is 0 Å². The number of hydrogen-bond donors (Lipinski definition) is 3. The fourth-order valence-corrected chi connectivity index (χ4v) is 3.94. The fraction of sp³-hybridized carbons (Fsp3) is 0.207. The van der Waals surface area contributed by atoms with Crippen LogP contribution in [-0.2, 0) is 13.2 Å². The van der Waals surface area contributed by atoms with Gasteiger partial charge in [-0.3, -0.25) is 9.78 Å². The van der Waals surface area contributed by atoms with Crippen molar-refractivity contribution in [2.45, 2.75) is 32.9 Å². The van der Waals surface area contributed by atoms with Gasteiger partial charge >= 0.3 is 6.03 Å². The van der Waals surface area contributed by atoms with E-state index >= 15 is 0 Å². The van der Waals surface area contributed by atoms with Crippen molar-refractivity contribution < 1.29 is 14.3 Å². The predicted molar refractivity (Wildman–Crippen MR) is 150 cm³/mol. The molecule has 0 fully saturated rings. The van der Waals surface area contributed by atoms with E-state index in [1.165, 1.54) is 0 Å². The number of unbranched alkanes of at least 4 members (excludes halogenated alkanes) is 1. The van der Waals surface area contributed by atoms with Crippen LogP contribution in [0.1, 0.15) is 25.3 Å². The minimum Gasteiger partial charge on any atom is -0.496 e. The number of benzene rings is 2. The normalized spacial score (nSPS) is 10.6. The summed E-state index contributed by atoms with van der Waals surface area (Å²) < 4.78 is 13.2. The number of nitrogens with zero attached hydrogens (tertiary/aromatic N) is 2. The quantitative estimate of drug-likeness (QED) is 0.240. The lowest BCUT2D eigenvalue weighted by molar-refractivity contribution is 0.262. The summed E-state index contributed by atoms with van der Waals surface area (Å²) in [4.78, 5) is 30.6. The molecule has 2 aromatic heterocycles. The monoisotopic (exact) mass is 513 g/mol. The first-order chi connectivity index (χ1) is 18.5. The molecule has 0 radical (unpaired) electrons. The standard InChI is InChI=1S/C29H31N5O4/c1-3-4-15-34-16-13-22(27(28(34)35)33-29(36)32-25-10-6-5-9-24(25)30)23-17-21(11-12-26(23)37-2)38-19-20-8-7-14-31-18-20/h5-14,16-18H,3-4,15,19,30H2,1-2H3,(H2,32,33,36). The molecule has 0 spiro atoms. The molecular weight excluding hydrogens is 482 g/mol. The molecule has 0 bridgehead atoms. The van der Waals surface area contributed by atoms with E-state index in [9.17, 15) is 9.59 Å². The molecule has 196 valence electrons. The highest BCUT2D eigenvalue weighted by molar-refractivity contribution is 6.03. The molecule has 0 unspecified atom stereocenters. The lowest BCUT2D eigenvalue weighted by Gasteiger charge is -2.17. The number of rotatable bonds is 10. The van der Waals surface area contributed by atoms with E-state index in [1.807, 2.05) is 12.1 Å². The molecule has 2 amide bonds. The number of amides is 2. The van der Waals surface area contributed by atoms with Gasteiger partial charge in [0.15, 0.2) is 0 Å². The van der Waals surface area contributed by atoms with E-state index in [-0.39, 0.29) is 11.2 Å². The molecule has 0 saturated heterocycles. The minimum absolute atomic E-state index is 0.123. The van der Waals surface area contributed by atoms with Gasteiger partial charge < -0.3 is 30.4 Å². The summed E-state index contributed by atoms with van der Waals surface area (Å²) in [5, 5.41) is 5.48. The molecule has 4 rings (SSSR count). The van der Waals surface area contributed by atoms with Crippen LogP contribution in [0.4, 0.5) is 21.9 Å². The summed E-state index contributed by atoms with van der Waals surface area (Å²) in [6.45, 7) is 2.91. The first kappa shape index (κ1) is 26.3. The predicted octanol–water partition coefficient (Wildman–Crippen LogP) is 5.52. The zero-order valence-corrected chi connectivity index (χ0v) is 21.4. The Balaban J connectivity index is 1.71. The Morgan fingerprint density at radius 1 is 1.05 bits per heavy atom. The number of aryl methyl sites for hydroxylation is 1. The summed E-state index contributed by atoms with van der Waals surface area (Å²) in [6.07, 6.45) is 6.92. The second-order valence-electron chi connectivity index (χ2n) is 8.63. The Hall–Kier alpha value is -4.79. The third kappa shape index (κ3) is 6.31. The smallest absolute Gasteiger partial charge is 0.323 e. The van der Waals surface area contributed by atoms with E-state index in [1.54, 1.807) is 78.8 Å². The van der Waals surface area contributed by atoms with Crippen molar-refractivity contribution in [3.05, 3.63) is 95.2 Å². The van der Waals surface area contributed by atoms with Crippen molar-refractivity contribution in [3.63, 3.8) is 0 Å². The summed E-state index contributed by atoms with van der Waals surface area (Å²) in [6, 6.07) is 17.2. The van der Waals surface area contributed by atoms with Crippen LogP contribution in [0, 0.1) is 0 Å². The Bertz CT molecular complexity index is 1450. The Kier molecular flexibility index (Phi) is 8.61. The van der Waals surface area contributed by atoms with Crippen molar-refractivity contribution in [3.8, 4) is 22.6 Å².